The number of benzene rings is 2. The zero-order chi connectivity index (χ0) is 19.8. The number of piperidine rings is 1. The second kappa shape index (κ2) is 7.59. The van der Waals surface area contributed by atoms with Crippen molar-refractivity contribution in [3.63, 3.8) is 0 Å². The lowest BCUT2D eigenvalue weighted by Crippen LogP contribution is -2.33. The molecule has 1 fully saturated rings. The summed E-state index contributed by atoms with van der Waals surface area (Å²) in [5.41, 5.74) is 2.77. The molecule has 28 heavy (non-hydrogen) atoms. The van der Waals surface area contributed by atoms with Gasteiger partial charge < -0.3 is 4.90 Å². The Morgan fingerprint density at radius 3 is 2.43 bits per heavy atom. The molecule has 0 amide bonds. The fourth-order valence-corrected chi connectivity index (χ4v) is 4.99. The zero-order valence-electron chi connectivity index (χ0n) is 15.9. The molecule has 0 radical (unpaired) electrons. The molecule has 6 heteroatoms. The van der Waals surface area contributed by atoms with Crippen LogP contribution in [-0.2, 0) is 10.8 Å². The van der Waals surface area contributed by atoms with Crippen molar-refractivity contribution in [3.05, 3.63) is 59.8 Å². The molecule has 1 saturated heterocycles. The van der Waals surface area contributed by atoms with E-state index in [9.17, 15) is 13.0 Å². The number of hydrogen-bond acceptors (Lipinski definition) is 3. The highest BCUT2D eigenvalue weighted by atomic mass is 32.2. The molecular weight excluding hydrogens is 378 g/mol. The van der Waals surface area contributed by atoms with E-state index in [1.54, 1.807) is 6.20 Å². The molecule has 1 aliphatic heterocycles. The second-order valence-corrected chi connectivity index (χ2v) is 8.98. The third-order valence-electron chi connectivity index (χ3n) is 5.31. The van der Waals surface area contributed by atoms with E-state index in [4.69, 9.17) is 0 Å². The highest BCUT2D eigenvalue weighted by Gasteiger charge is 2.24. The third kappa shape index (κ3) is 3.65. The number of aryl methyl sites for hydroxylation is 1. The molecule has 1 aliphatic rings. The first kappa shape index (κ1) is 19.0. The van der Waals surface area contributed by atoms with Gasteiger partial charge in [-0.2, -0.15) is 0 Å². The van der Waals surface area contributed by atoms with E-state index in [-0.39, 0.29) is 4.90 Å². The van der Waals surface area contributed by atoms with E-state index in [0.29, 0.717) is 10.8 Å². The van der Waals surface area contributed by atoms with Gasteiger partial charge in [-0.1, -0.05) is 18.6 Å². The van der Waals surface area contributed by atoms with Crippen molar-refractivity contribution in [3.8, 4) is 0 Å². The van der Waals surface area contributed by atoms with E-state index >= 15 is 0 Å². The highest BCUT2D eigenvalue weighted by Crippen LogP contribution is 2.36. The van der Waals surface area contributed by atoms with Crippen molar-refractivity contribution in [2.75, 3.05) is 18.0 Å². The lowest BCUT2D eigenvalue weighted by atomic mass is 9.98. The van der Waals surface area contributed by atoms with E-state index in [2.05, 4.69) is 16.8 Å². The van der Waals surface area contributed by atoms with Crippen molar-refractivity contribution in [1.82, 2.24) is 4.98 Å². The van der Waals surface area contributed by atoms with Gasteiger partial charge >= 0.3 is 0 Å². The maximum absolute atomic E-state index is 13.7. The first-order valence-corrected chi connectivity index (χ1v) is 10.6. The standard InChI is InChI=1S/C22H22F2N2OS/c1-14-5-7-26(8-6-14)22-19-9-15(2)3-4-20(19)25-13-21(22)28(27)18-11-16(23)10-17(24)12-18/h3-4,9-14H,5-8H2,1-2H3. The Morgan fingerprint density at radius 1 is 1.07 bits per heavy atom. The Kier molecular flexibility index (Phi) is 5.15. The Labute approximate surface area is 165 Å². The molecule has 1 atom stereocenters. The number of nitrogens with zero attached hydrogens (tertiary/aromatic N) is 2. The van der Waals surface area contributed by atoms with Crippen LogP contribution in [0.3, 0.4) is 0 Å². The Hall–Kier alpha value is -2.34. The van der Waals surface area contributed by atoms with Crippen molar-refractivity contribution < 1.29 is 13.0 Å². The number of fused-ring (bicyclic) bond motifs is 1. The summed E-state index contributed by atoms with van der Waals surface area (Å²) in [6.45, 7) is 5.96. The fraction of sp³-hybridized carbons (Fsp3) is 0.318. The van der Waals surface area contributed by atoms with Crippen LogP contribution in [0, 0.1) is 24.5 Å². The molecular formula is C22H22F2N2OS. The largest absolute Gasteiger partial charge is 0.370 e. The molecule has 4 rings (SSSR count). The van der Waals surface area contributed by atoms with Crippen LogP contribution in [0.5, 0.6) is 0 Å². The minimum Gasteiger partial charge on any atom is -0.370 e. The quantitative estimate of drug-likeness (QED) is 0.604. The van der Waals surface area contributed by atoms with Crippen LogP contribution in [0.2, 0.25) is 0 Å². The van der Waals surface area contributed by atoms with Crippen LogP contribution < -0.4 is 4.90 Å². The summed E-state index contributed by atoms with van der Waals surface area (Å²) in [6.07, 6.45) is 3.69. The zero-order valence-corrected chi connectivity index (χ0v) is 16.7. The van der Waals surface area contributed by atoms with Gasteiger partial charge in [0.05, 0.1) is 26.9 Å². The van der Waals surface area contributed by atoms with Gasteiger partial charge in [-0.3, -0.25) is 4.98 Å². The van der Waals surface area contributed by atoms with Gasteiger partial charge in [-0.15, -0.1) is 0 Å². The van der Waals surface area contributed by atoms with Gasteiger partial charge in [0.25, 0.3) is 0 Å². The van der Waals surface area contributed by atoms with Gasteiger partial charge in [0, 0.05) is 35.6 Å². The molecule has 2 aromatic carbocycles. The SMILES string of the molecule is Cc1ccc2ncc(S(=O)c3cc(F)cc(F)c3)c(N3CCC(C)CC3)c2c1. The second-order valence-electron chi connectivity index (χ2n) is 7.54. The summed E-state index contributed by atoms with van der Waals surface area (Å²) in [5, 5.41) is 0.928. The van der Waals surface area contributed by atoms with Crippen molar-refractivity contribution >= 4 is 27.4 Å². The molecule has 0 spiro atoms. The average molecular weight is 400 g/mol. The molecule has 2 heterocycles. The van der Waals surface area contributed by atoms with E-state index in [1.165, 1.54) is 0 Å². The molecule has 1 aromatic heterocycles. The normalized spacial score (nSPS) is 16.5. The smallest absolute Gasteiger partial charge is 0.127 e. The maximum Gasteiger partial charge on any atom is 0.127 e. The van der Waals surface area contributed by atoms with Gasteiger partial charge in [0.2, 0.25) is 0 Å². The molecule has 0 saturated carbocycles. The molecule has 0 aliphatic carbocycles. The number of pyridine rings is 1. The van der Waals surface area contributed by atoms with Crippen molar-refractivity contribution in [2.24, 2.45) is 5.92 Å². The summed E-state index contributed by atoms with van der Waals surface area (Å²) in [7, 11) is -1.74. The molecule has 1 unspecified atom stereocenters. The number of halogens is 2. The first-order valence-electron chi connectivity index (χ1n) is 9.44. The van der Waals surface area contributed by atoms with Crippen molar-refractivity contribution in [1.29, 1.82) is 0 Å². The third-order valence-corrected chi connectivity index (χ3v) is 6.67. The minimum absolute atomic E-state index is 0.109. The van der Waals surface area contributed by atoms with Gasteiger partial charge in [0.15, 0.2) is 0 Å². The number of aromatic nitrogens is 1. The summed E-state index contributed by atoms with van der Waals surface area (Å²) >= 11 is 0. The van der Waals surface area contributed by atoms with E-state index in [1.807, 2.05) is 25.1 Å². The fourth-order valence-electron chi connectivity index (χ4n) is 3.73. The Bertz CT molecular complexity index is 1040. The van der Waals surface area contributed by atoms with Crippen LogP contribution in [-0.4, -0.2) is 22.3 Å². The van der Waals surface area contributed by atoms with Crippen LogP contribution in [0.15, 0.2) is 52.4 Å². The van der Waals surface area contributed by atoms with Crippen molar-refractivity contribution in [2.45, 2.75) is 36.5 Å². The lowest BCUT2D eigenvalue weighted by molar-refractivity contribution is 0.438. The van der Waals surface area contributed by atoms with E-state index in [0.717, 1.165) is 66.3 Å². The number of hydrogen-bond donors (Lipinski definition) is 0. The van der Waals surface area contributed by atoms with Crippen LogP contribution >= 0.6 is 0 Å². The van der Waals surface area contributed by atoms with Gasteiger partial charge in [-0.25, -0.2) is 13.0 Å². The van der Waals surface area contributed by atoms with E-state index < -0.39 is 22.4 Å². The average Bonchev–Trinajstić information content (AvgIpc) is 2.66. The predicted molar refractivity (Wildman–Crippen MR) is 108 cm³/mol. The minimum atomic E-state index is -1.74. The van der Waals surface area contributed by atoms with Crippen LogP contribution in [0.4, 0.5) is 14.5 Å². The number of anilines is 1. The Morgan fingerprint density at radius 2 is 1.75 bits per heavy atom. The molecule has 146 valence electrons. The first-order chi connectivity index (χ1) is 13.4. The molecule has 0 N–H and O–H groups in total. The highest BCUT2D eigenvalue weighted by molar-refractivity contribution is 7.85. The topological polar surface area (TPSA) is 33.2 Å². The predicted octanol–water partition coefficient (Wildman–Crippen LogP) is 5.22. The van der Waals surface area contributed by atoms with Gasteiger partial charge in [-0.05, 0) is 49.9 Å². The van der Waals surface area contributed by atoms with Gasteiger partial charge in [0.1, 0.15) is 11.6 Å². The summed E-state index contributed by atoms with van der Waals surface area (Å²) in [5.74, 6) is -0.820. The lowest BCUT2D eigenvalue weighted by Gasteiger charge is -2.34. The summed E-state index contributed by atoms with van der Waals surface area (Å²) < 4.78 is 40.7. The number of rotatable bonds is 3. The maximum atomic E-state index is 13.7. The van der Waals surface area contributed by atoms with Crippen LogP contribution in [0.25, 0.3) is 10.9 Å². The Balaban J connectivity index is 1.89. The summed E-state index contributed by atoms with van der Waals surface area (Å²) in [4.78, 5) is 7.33. The molecule has 3 aromatic rings. The molecule has 3 nitrogen and oxygen atoms in total. The monoisotopic (exact) mass is 400 g/mol. The summed E-state index contributed by atoms with van der Waals surface area (Å²) in [6, 6.07) is 9.03. The van der Waals surface area contributed by atoms with Crippen LogP contribution in [0.1, 0.15) is 25.3 Å². The molecule has 0 bridgehead atoms.